The van der Waals surface area contributed by atoms with Crippen molar-refractivity contribution < 1.29 is 5.11 Å². The summed E-state index contributed by atoms with van der Waals surface area (Å²) in [7, 11) is 0. The third kappa shape index (κ3) is 3.51. The maximum atomic E-state index is 10.0. The predicted molar refractivity (Wildman–Crippen MR) is 94.1 cm³/mol. The lowest BCUT2D eigenvalue weighted by Gasteiger charge is -2.05. The minimum absolute atomic E-state index is 0.513. The minimum atomic E-state index is -0.513. The van der Waals surface area contributed by atoms with Crippen molar-refractivity contribution in [2.75, 3.05) is 0 Å². The Balaban J connectivity index is 1.81. The van der Waals surface area contributed by atoms with Crippen LogP contribution in [0, 0.1) is 6.92 Å². The second kappa shape index (κ2) is 6.80. The van der Waals surface area contributed by atoms with Gasteiger partial charge >= 0.3 is 0 Å². The third-order valence-corrected chi connectivity index (χ3v) is 4.04. The Morgan fingerprint density at radius 1 is 0.957 bits per heavy atom. The first-order chi connectivity index (χ1) is 11.2. The average molecular weight is 306 g/mol. The Morgan fingerprint density at radius 2 is 1.52 bits per heavy atom. The molecule has 23 heavy (non-hydrogen) atoms. The summed E-state index contributed by atoms with van der Waals surface area (Å²) in [5.41, 5.74) is 5.58. The standard InChI is InChI=1S/C20H22N2O/c1-3-4-19(23)20-21-13-18(22-20)17-11-9-16(10-12-17)15-7-5-14(2)6-8-15/h5-13,19,23H,3-4H2,1-2H3,(H,21,22). The van der Waals surface area contributed by atoms with Crippen molar-refractivity contribution in [1.29, 1.82) is 0 Å². The van der Waals surface area contributed by atoms with Crippen LogP contribution >= 0.6 is 0 Å². The van der Waals surface area contributed by atoms with Gasteiger partial charge in [0, 0.05) is 11.8 Å². The zero-order valence-electron chi connectivity index (χ0n) is 13.6. The third-order valence-electron chi connectivity index (χ3n) is 4.04. The number of H-pyrrole nitrogens is 1. The van der Waals surface area contributed by atoms with Crippen LogP contribution in [0.5, 0.6) is 0 Å². The number of aryl methyl sites for hydroxylation is 1. The Labute approximate surface area is 137 Å². The Hall–Kier alpha value is -2.39. The molecule has 3 heteroatoms. The highest BCUT2D eigenvalue weighted by molar-refractivity contribution is 5.68. The van der Waals surface area contributed by atoms with Gasteiger partial charge in [-0.25, -0.2) is 4.98 Å². The lowest BCUT2D eigenvalue weighted by molar-refractivity contribution is 0.157. The zero-order valence-corrected chi connectivity index (χ0v) is 13.6. The summed E-state index contributed by atoms with van der Waals surface area (Å²) in [5, 5.41) is 10.0. The highest BCUT2D eigenvalue weighted by atomic mass is 16.3. The molecule has 0 bridgehead atoms. The molecular formula is C20H22N2O. The Morgan fingerprint density at radius 3 is 2.13 bits per heavy atom. The van der Waals surface area contributed by atoms with E-state index in [1.54, 1.807) is 0 Å². The summed E-state index contributed by atoms with van der Waals surface area (Å²) in [5.74, 6) is 0.643. The SMILES string of the molecule is CCCC(O)c1nc(-c2ccc(-c3ccc(C)cc3)cc2)c[nH]1. The maximum Gasteiger partial charge on any atom is 0.135 e. The van der Waals surface area contributed by atoms with Crippen LogP contribution < -0.4 is 0 Å². The molecule has 0 aliphatic carbocycles. The van der Waals surface area contributed by atoms with Gasteiger partial charge in [0.05, 0.1) is 5.69 Å². The number of hydrogen-bond donors (Lipinski definition) is 2. The Kier molecular flexibility index (Phi) is 4.58. The normalized spacial score (nSPS) is 12.3. The van der Waals surface area contributed by atoms with Gasteiger partial charge in [-0.2, -0.15) is 0 Å². The first-order valence-electron chi connectivity index (χ1n) is 8.08. The van der Waals surface area contributed by atoms with Crippen LogP contribution in [-0.2, 0) is 0 Å². The smallest absolute Gasteiger partial charge is 0.135 e. The van der Waals surface area contributed by atoms with Crippen molar-refractivity contribution in [2.45, 2.75) is 32.8 Å². The number of aliphatic hydroxyl groups excluding tert-OH is 1. The lowest BCUT2D eigenvalue weighted by atomic mass is 10.0. The van der Waals surface area contributed by atoms with E-state index in [0.717, 1.165) is 24.1 Å². The monoisotopic (exact) mass is 306 g/mol. The van der Waals surface area contributed by atoms with Crippen LogP contribution in [0.3, 0.4) is 0 Å². The molecule has 0 saturated carbocycles. The molecule has 3 aromatic rings. The van der Waals surface area contributed by atoms with Gasteiger partial charge in [0.2, 0.25) is 0 Å². The number of benzene rings is 2. The van der Waals surface area contributed by atoms with E-state index in [1.165, 1.54) is 16.7 Å². The quantitative estimate of drug-likeness (QED) is 0.705. The zero-order chi connectivity index (χ0) is 16.2. The number of nitrogens with zero attached hydrogens (tertiary/aromatic N) is 1. The van der Waals surface area contributed by atoms with Gasteiger partial charge in [0.1, 0.15) is 11.9 Å². The molecule has 3 nitrogen and oxygen atoms in total. The number of rotatable bonds is 5. The summed E-state index contributed by atoms with van der Waals surface area (Å²) >= 11 is 0. The molecule has 0 aliphatic heterocycles. The predicted octanol–water partition coefficient (Wildman–Crippen LogP) is 4.89. The highest BCUT2D eigenvalue weighted by Gasteiger charge is 2.11. The number of nitrogens with one attached hydrogen (secondary N) is 1. The van der Waals surface area contributed by atoms with Crippen molar-refractivity contribution >= 4 is 0 Å². The minimum Gasteiger partial charge on any atom is -0.385 e. The first-order valence-corrected chi connectivity index (χ1v) is 8.08. The molecule has 2 N–H and O–H groups in total. The second-order valence-electron chi connectivity index (χ2n) is 5.92. The van der Waals surface area contributed by atoms with Crippen molar-refractivity contribution in [1.82, 2.24) is 9.97 Å². The highest BCUT2D eigenvalue weighted by Crippen LogP contribution is 2.25. The molecule has 3 rings (SSSR count). The van der Waals surface area contributed by atoms with E-state index in [9.17, 15) is 5.11 Å². The van der Waals surface area contributed by atoms with Gasteiger partial charge in [-0.05, 0) is 24.5 Å². The molecule has 1 unspecified atom stereocenters. The molecule has 1 atom stereocenters. The molecule has 0 aliphatic rings. The van der Waals surface area contributed by atoms with E-state index in [4.69, 9.17) is 0 Å². The van der Waals surface area contributed by atoms with Crippen LogP contribution in [0.15, 0.2) is 54.7 Å². The van der Waals surface area contributed by atoms with E-state index < -0.39 is 6.10 Å². The molecule has 0 saturated heterocycles. The summed E-state index contributed by atoms with van der Waals surface area (Å²) < 4.78 is 0. The molecule has 2 aromatic carbocycles. The van der Waals surface area contributed by atoms with Crippen molar-refractivity contribution in [3.05, 3.63) is 66.1 Å². The van der Waals surface area contributed by atoms with Crippen LogP contribution in [0.25, 0.3) is 22.4 Å². The number of aliphatic hydroxyl groups is 1. The summed E-state index contributed by atoms with van der Waals surface area (Å²) in [6, 6.07) is 16.9. The van der Waals surface area contributed by atoms with Gasteiger partial charge < -0.3 is 10.1 Å². The molecule has 0 fully saturated rings. The topological polar surface area (TPSA) is 48.9 Å². The van der Waals surface area contributed by atoms with E-state index in [1.807, 2.05) is 6.20 Å². The second-order valence-corrected chi connectivity index (χ2v) is 5.92. The number of aromatic nitrogens is 2. The van der Waals surface area contributed by atoms with Crippen LogP contribution in [0.2, 0.25) is 0 Å². The summed E-state index contributed by atoms with van der Waals surface area (Å²) in [4.78, 5) is 7.59. The molecule has 0 radical (unpaired) electrons. The fraction of sp³-hybridized carbons (Fsp3) is 0.250. The summed E-state index contributed by atoms with van der Waals surface area (Å²) in [6.45, 7) is 4.14. The van der Waals surface area contributed by atoms with Crippen molar-refractivity contribution in [3.8, 4) is 22.4 Å². The fourth-order valence-electron chi connectivity index (χ4n) is 2.64. The molecule has 0 spiro atoms. The van der Waals surface area contributed by atoms with Crippen molar-refractivity contribution in [2.24, 2.45) is 0 Å². The lowest BCUT2D eigenvalue weighted by Crippen LogP contribution is -1.98. The first kappa shape index (κ1) is 15.5. The van der Waals surface area contributed by atoms with Crippen LogP contribution in [0.4, 0.5) is 0 Å². The Bertz CT molecular complexity index is 757. The summed E-state index contributed by atoms with van der Waals surface area (Å²) in [6.07, 6.45) is 3.00. The molecule has 1 aromatic heterocycles. The molecule has 118 valence electrons. The largest absolute Gasteiger partial charge is 0.385 e. The van der Waals surface area contributed by atoms with Crippen LogP contribution in [-0.4, -0.2) is 15.1 Å². The van der Waals surface area contributed by atoms with E-state index in [0.29, 0.717) is 5.82 Å². The molecular weight excluding hydrogens is 284 g/mol. The van der Waals surface area contributed by atoms with E-state index in [-0.39, 0.29) is 0 Å². The van der Waals surface area contributed by atoms with Crippen molar-refractivity contribution in [3.63, 3.8) is 0 Å². The van der Waals surface area contributed by atoms with Gasteiger partial charge in [0.25, 0.3) is 0 Å². The average Bonchev–Trinajstić information content (AvgIpc) is 3.06. The van der Waals surface area contributed by atoms with Crippen LogP contribution in [0.1, 0.15) is 37.3 Å². The van der Waals surface area contributed by atoms with E-state index in [2.05, 4.69) is 72.3 Å². The van der Waals surface area contributed by atoms with Gasteiger partial charge in [-0.15, -0.1) is 0 Å². The van der Waals surface area contributed by atoms with Gasteiger partial charge in [-0.3, -0.25) is 0 Å². The maximum absolute atomic E-state index is 10.0. The fourth-order valence-corrected chi connectivity index (χ4v) is 2.64. The van der Waals surface area contributed by atoms with Gasteiger partial charge in [-0.1, -0.05) is 67.4 Å². The number of aromatic amines is 1. The number of hydrogen-bond acceptors (Lipinski definition) is 2. The molecule has 0 amide bonds. The molecule has 1 heterocycles. The van der Waals surface area contributed by atoms with Gasteiger partial charge in [0.15, 0.2) is 0 Å². The number of imidazole rings is 1. The van der Waals surface area contributed by atoms with E-state index >= 15 is 0 Å².